The van der Waals surface area contributed by atoms with Gasteiger partial charge in [-0.05, 0) is 42.5 Å². The Hall–Kier alpha value is -1.28. The van der Waals surface area contributed by atoms with Crippen LogP contribution in [0.4, 0.5) is 0 Å². The minimum atomic E-state index is 0.444. The van der Waals surface area contributed by atoms with Crippen molar-refractivity contribution in [3.63, 3.8) is 0 Å². The summed E-state index contributed by atoms with van der Waals surface area (Å²) < 4.78 is 5.24. The number of alkyl halides is 1. The Morgan fingerprint density at radius 3 is 2.58 bits per heavy atom. The van der Waals surface area contributed by atoms with Crippen LogP contribution in [0.2, 0.25) is 0 Å². The first kappa shape index (κ1) is 14.1. The monoisotopic (exact) mass is 318 g/mol. The molecule has 0 N–H and O–H groups in total. The molecule has 0 bridgehead atoms. The molecule has 100 valence electrons. The highest BCUT2D eigenvalue weighted by atomic mass is 79.9. The number of halogens is 1. The zero-order chi connectivity index (χ0) is 13.5. The van der Waals surface area contributed by atoms with E-state index in [1.807, 2.05) is 6.07 Å². The van der Waals surface area contributed by atoms with Gasteiger partial charge in [0.25, 0.3) is 0 Å². The van der Waals surface area contributed by atoms with Crippen LogP contribution in [0.25, 0.3) is 0 Å². The average Bonchev–Trinajstić information content (AvgIpc) is 2.48. The van der Waals surface area contributed by atoms with Crippen LogP contribution in [0.1, 0.15) is 28.8 Å². The quantitative estimate of drug-likeness (QED) is 0.669. The van der Waals surface area contributed by atoms with Crippen LogP contribution in [0, 0.1) is 0 Å². The normalized spacial score (nSPS) is 12.1. The number of methoxy groups -OCH3 is 1. The van der Waals surface area contributed by atoms with Gasteiger partial charge in [0.1, 0.15) is 5.75 Å². The van der Waals surface area contributed by atoms with E-state index >= 15 is 0 Å². The van der Waals surface area contributed by atoms with Crippen molar-refractivity contribution < 1.29 is 4.74 Å². The van der Waals surface area contributed by atoms with Gasteiger partial charge < -0.3 is 4.74 Å². The van der Waals surface area contributed by atoms with Crippen LogP contribution in [-0.4, -0.2) is 7.11 Å². The Kier molecular flexibility index (Phi) is 5.46. The van der Waals surface area contributed by atoms with E-state index in [1.165, 1.54) is 11.1 Å². The van der Waals surface area contributed by atoms with E-state index in [2.05, 4.69) is 64.5 Å². The highest BCUT2D eigenvalue weighted by molar-refractivity contribution is 9.09. The zero-order valence-corrected chi connectivity index (χ0v) is 12.8. The van der Waals surface area contributed by atoms with Crippen LogP contribution in [0.3, 0.4) is 0 Å². The third kappa shape index (κ3) is 4.39. The molecular formula is C17H19BrO. The lowest BCUT2D eigenvalue weighted by molar-refractivity contribution is 0.414. The molecule has 2 rings (SSSR count). The largest absolute Gasteiger partial charge is 0.497 e. The molecule has 0 spiro atoms. The lowest BCUT2D eigenvalue weighted by Gasteiger charge is -2.10. The van der Waals surface area contributed by atoms with Crippen molar-refractivity contribution in [1.82, 2.24) is 0 Å². The molecule has 19 heavy (non-hydrogen) atoms. The summed E-state index contributed by atoms with van der Waals surface area (Å²) in [6, 6.07) is 18.9. The molecular weight excluding hydrogens is 300 g/mol. The second kappa shape index (κ2) is 7.34. The first-order valence-corrected chi connectivity index (χ1v) is 7.53. The number of hydrogen-bond donors (Lipinski definition) is 0. The van der Waals surface area contributed by atoms with E-state index in [0.29, 0.717) is 4.83 Å². The maximum atomic E-state index is 5.24. The molecule has 2 aromatic carbocycles. The fourth-order valence-corrected chi connectivity index (χ4v) is 2.77. The third-order valence-corrected chi connectivity index (χ3v) is 4.20. The molecule has 0 aliphatic heterocycles. The van der Waals surface area contributed by atoms with Crippen LogP contribution >= 0.6 is 15.9 Å². The third-order valence-electron chi connectivity index (χ3n) is 3.22. The fraction of sp³-hybridized carbons (Fsp3) is 0.294. The molecule has 0 aliphatic rings. The van der Waals surface area contributed by atoms with Gasteiger partial charge in [-0.25, -0.2) is 0 Å². The van der Waals surface area contributed by atoms with Crippen molar-refractivity contribution >= 4 is 15.9 Å². The minimum Gasteiger partial charge on any atom is -0.497 e. The van der Waals surface area contributed by atoms with Gasteiger partial charge in [0.2, 0.25) is 0 Å². The maximum absolute atomic E-state index is 5.24. The van der Waals surface area contributed by atoms with Gasteiger partial charge in [-0.3, -0.25) is 0 Å². The Morgan fingerprint density at radius 1 is 1.05 bits per heavy atom. The van der Waals surface area contributed by atoms with Gasteiger partial charge in [0, 0.05) is 4.83 Å². The van der Waals surface area contributed by atoms with Crippen LogP contribution in [-0.2, 0) is 6.42 Å². The fourth-order valence-electron chi connectivity index (χ4n) is 2.14. The standard InChI is InChI=1S/C17H19BrO/c1-19-16-11-5-7-14(13-16)8-6-12-17(18)15-9-3-2-4-10-15/h2-5,7,9-11,13,17H,6,8,12H2,1H3. The van der Waals surface area contributed by atoms with Crippen LogP contribution in [0.5, 0.6) is 5.75 Å². The molecule has 1 unspecified atom stereocenters. The maximum Gasteiger partial charge on any atom is 0.119 e. The van der Waals surface area contributed by atoms with Crippen molar-refractivity contribution in [2.75, 3.05) is 7.11 Å². The van der Waals surface area contributed by atoms with Gasteiger partial charge in [0.05, 0.1) is 7.11 Å². The molecule has 2 aromatic rings. The van der Waals surface area contributed by atoms with Crippen molar-refractivity contribution in [2.45, 2.75) is 24.1 Å². The Bertz CT molecular complexity index is 496. The van der Waals surface area contributed by atoms with Crippen LogP contribution < -0.4 is 4.74 Å². The van der Waals surface area contributed by atoms with Crippen molar-refractivity contribution in [3.8, 4) is 5.75 Å². The topological polar surface area (TPSA) is 9.23 Å². The summed E-state index contributed by atoms with van der Waals surface area (Å²) in [6.07, 6.45) is 3.39. The number of rotatable bonds is 6. The van der Waals surface area contributed by atoms with Crippen molar-refractivity contribution in [2.24, 2.45) is 0 Å². The summed E-state index contributed by atoms with van der Waals surface area (Å²) in [5, 5.41) is 0. The van der Waals surface area contributed by atoms with E-state index < -0.39 is 0 Å². The Morgan fingerprint density at radius 2 is 1.84 bits per heavy atom. The number of aryl methyl sites for hydroxylation is 1. The SMILES string of the molecule is COc1cccc(CCCC(Br)c2ccccc2)c1. The first-order chi connectivity index (χ1) is 9.29. The number of ether oxygens (including phenoxy) is 1. The zero-order valence-electron chi connectivity index (χ0n) is 11.2. The number of hydrogen-bond acceptors (Lipinski definition) is 1. The summed E-state index contributed by atoms with van der Waals surface area (Å²) in [5.74, 6) is 0.941. The predicted molar refractivity (Wildman–Crippen MR) is 84.0 cm³/mol. The molecule has 0 amide bonds. The average molecular weight is 319 g/mol. The molecule has 0 fully saturated rings. The highest BCUT2D eigenvalue weighted by Gasteiger charge is 2.06. The molecule has 2 heteroatoms. The van der Waals surface area contributed by atoms with E-state index in [4.69, 9.17) is 4.74 Å². The molecule has 0 saturated carbocycles. The smallest absolute Gasteiger partial charge is 0.119 e. The van der Waals surface area contributed by atoms with Crippen molar-refractivity contribution in [3.05, 3.63) is 65.7 Å². The van der Waals surface area contributed by atoms with Gasteiger partial charge in [-0.2, -0.15) is 0 Å². The van der Waals surface area contributed by atoms with Gasteiger partial charge in [-0.15, -0.1) is 0 Å². The minimum absolute atomic E-state index is 0.444. The van der Waals surface area contributed by atoms with E-state index in [1.54, 1.807) is 7.11 Å². The first-order valence-electron chi connectivity index (χ1n) is 6.61. The Labute approximate surface area is 123 Å². The highest BCUT2D eigenvalue weighted by Crippen LogP contribution is 2.28. The van der Waals surface area contributed by atoms with Crippen molar-refractivity contribution in [1.29, 1.82) is 0 Å². The van der Waals surface area contributed by atoms with E-state index in [9.17, 15) is 0 Å². The number of benzene rings is 2. The lowest BCUT2D eigenvalue weighted by Crippen LogP contribution is -1.93. The summed E-state index contributed by atoms with van der Waals surface area (Å²) >= 11 is 3.76. The van der Waals surface area contributed by atoms with Gasteiger partial charge >= 0.3 is 0 Å². The molecule has 1 atom stereocenters. The molecule has 0 heterocycles. The summed E-state index contributed by atoms with van der Waals surface area (Å²) in [5.41, 5.74) is 2.69. The molecule has 0 radical (unpaired) electrons. The summed E-state index contributed by atoms with van der Waals surface area (Å²) in [7, 11) is 1.71. The predicted octanol–water partition coefficient (Wildman–Crippen LogP) is 5.15. The molecule has 0 aliphatic carbocycles. The molecule has 0 aromatic heterocycles. The lowest BCUT2D eigenvalue weighted by atomic mass is 10.0. The van der Waals surface area contributed by atoms with Gasteiger partial charge in [0.15, 0.2) is 0 Å². The van der Waals surface area contributed by atoms with E-state index in [0.717, 1.165) is 25.0 Å². The Balaban J connectivity index is 1.83. The molecule has 1 nitrogen and oxygen atoms in total. The van der Waals surface area contributed by atoms with E-state index in [-0.39, 0.29) is 0 Å². The van der Waals surface area contributed by atoms with Crippen LogP contribution in [0.15, 0.2) is 54.6 Å². The van der Waals surface area contributed by atoms with Gasteiger partial charge in [-0.1, -0.05) is 58.4 Å². The summed E-state index contributed by atoms with van der Waals surface area (Å²) in [4.78, 5) is 0.444. The molecule has 0 saturated heterocycles. The second-order valence-electron chi connectivity index (χ2n) is 4.62. The second-order valence-corrected chi connectivity index (χ2v) is 5.73. The summed E-state index contributed by atoms with van der Waals surface area (Å²) in [6.45, 7) is 0.